The molecule has 2 rings (SSSR count). The molecule has 1 amide bonds. The van der Waals surface area contributed by atoms with Gasteiger partial charge >= 0.3 is 0 Å². The van der Waals surface area contributed by atoms with Crippen molar-refractivity contribution in [2.45, 2.75) is 26.7 Å². The molecular formula is C21H27ClN2O3S. The molecule has 152 valence electrons. The van der Waals surface area contributed by atoms with E-state index in [-0.39, 0.29) is 18.4 Å². The molecule has 2 aromatic carbocycles. The van der Waals surface area contributed by atoms with E-state index in [0.717, 1.165) is 29.0 Å². The van der Waals surface area contributed by atoms with E-state index >= 15 is 0 Å². The number of amides is 1. The molecule has 28 heavy (non-hydrogen) atoms. The maximum atomic E-state index is 12.4. The molecule has 0 aliphatic heterocycles. The van der Waals surface area contributed by atoms with Gasteiger partial charge in [0, 0.05) is 11.6 Å². The number of sulfonamides is 1. The molecule has 0 saturated heterocycles. The average Bonchev–Trinajstić information content (AvgIpc) is 2.65. The molecule has 0 aromatic heterocycles. The Morgan fingerprint density at radius 3 is 2.43 bits per heavy atom. The van der Waals surface area contributed by atoms with Gasteiger partial charge in [0.25, 0.3) is 0 Å². The second-order valence-electron chi connectivity index (χ2n) is 6.97. The monoisotopic (exact) mass is 422 g/mol. The van der Waals surface area contributed by atoms with Crippen molar-refractivity contribution < 1.29 is 13.2 Å². The number of hydrogen-bond acceptors (Lipinski definition) is 3. The van der Waals surface area contributed by atoms with Crippen LogP contribution >= 0.6 is 11.6 Å². The summed E-state index contributed by atoms with van der Waals surface area (Å²) in [5.41, 5.74) is 2.44. The summed E-state index contributed by atoms with van der Waals surface area (Å²) in [5, 5.41) is 3.33. The van der Waals surface area contributed by atoms with Crippen LogP contribution < -0.4 is 9.62 Å². The number of rotatable bonds is 9. The van der Waals surface area contributed by atoms with Crippen molar-refractivity contribution in [1.82, 2.24) is 5.32 Å². The third kappa shape index (κ3) is 6.53. The molecule has 2 aromatic rings. The molecule has 0 aliphatic carbocycles. The Morgan fingerprint density at radius 1 is 1.18 bits per heavy atom. The zero-order valence-corrected chi connectivity index (χ0v) is 18.1. The first kappa shape index (κ1) is 22.2. The van der Waals surface area contributed by atoms with Crippen LogP contribution in [0.2, 0.25) is 5.02 Å². The van der Waals surface area contributed by atoms with Crippen LogP contribution in [0.5, 0.6) is 0 Å². The molecule has 1 unspecified atom stereocenters. The number of carbonyl (C=O) groups is 1. The van der Waals surface area contributed by atoms with Crippen molar-refractivity contribution in [2.75, 3.05) is 23.7 Å². The summed E-state index contributed by atoms with van der Waals surface area (Å²) < 4.78 is 25.5. The van der Waals surface area contributed by atoms with Gasteiger partial charge in [0.2, 0.25) is 15.9 Å². The summed E-state index contributed by atoms with van der Waals surface area (Å²) >= 11 is 6.12. The van der Waals surface area contributed by atoms with Crippen molar-refractivity contribution in [1.29, 1.82) is 0 Å². The largest absolute Gasteiger partial charge is 0.354 e. The van der Waals surface area contributed by atoms with Gasteiger partial charge in [-0.15, -0.1) is 0 Å². The fourth-order valence-corrected chi connectivity index (χ4v) is 3.91. The minimum Gasteiger partial charge on any atom is -0.354 e. The van der Waals surface area contributed by atoms with Crippen LogP contribution in [0.25, 0.3) is 0 Å². The van der Waals surface area contributed by atoms with Crippen molar-refractivity contribution in [2.24, 2.45) is 5.92 Å². The van der Waals surface area contributed by atoms with Crippen molar-refractivity contribution in [3.05, 3.63) is 64.7 Å². The number of carbonyl (C=O) groups excluding carboxylic acids is 1. The lowest BCUT2D eigenvalue weighted by atomic mass is 9.97. The SMILES string of the molecule is CCC(CNC(=O)CN(c1ccc(C)c(Cl)c1)S(C)(=O)=O)Cc1ccccc1. The van der Waals surface area contributed by atoms with E-state index in [1.165, 1.54) is 5.56 Å². The van der Waals surface area contributed by atoms with E-state index in [0.29, 0.717) is 17.3 Å². The van der Waals surface area contributed by atoms with Gasteiger partial charge in [0.05, 0.1) is 11.9 Å². The lowest BCUT2D eigenvalue weighted by molar-refractivity contribution is -0.119. The second kappa shape index (κ2) is 9.94. The molecular weight excluding hydrogens is 396 g/mol. The van der Waals surface area contributed by atoms with Crippen LogP contribution in [-0.2, 0) is 21.2 Å². The molecule has 1 N–H and O–H groups in total. The van der Waals surface area contributed by atoms with E-state index in [1.807, 2.05) is 25.1 Å². The van der Waals surface area contributed by atoms with Gasteiger partial charge in [0.1, 0.15) is 6.54 Å². The first-order valence-electron chi connectivity index (χ1n) is 9.25. The third-order valence-corrected chi connectivity index (χ3v) is 6.21. The topological polar surface area (TPSA) is 66.5 Å². The summed E-state index contributed by atoms with van der Waals surface area (Å²) in [5.74, 6) is -0.0551. The highest BCUT2D eigenvalue weighted by molar-refractivity contribution is 7.92. The average molecular weight is 423 g/mol. The summed E-state index contributed by atoms with van der Waals surface area (Å²) in [6.07, 6.45) is 2.86. The standard InChI is InChI=1S/C21H27ClN2O3S/c1-4-17(12-18-8-6-5-7-9-18)14-23-21(25)15-24(28(3,26)27)19-11-10-16(2)20(22)13-19/h5-11,13,17H,4,12,14-15H2,1-3H3,(H,23,25). The minimum atomic E-state index is -3.62. The van der Waals surface area contributed by atoms with Gasteiger partial charge < -0.3 is 5.32 Å². The third-order valence-electron chi connectivity index (χ3n) is 4.66. The van der Waals surface area contributed by atoms with Gasteiger partial charge in [-0.1, -0.05) is 61.3 Å². The summed E-state index contributed by atoms with van der Waals surface area (Å²) in [4.78, 5) is 12.4. The maximum Gasteiger partial charge on any atom is 0.240 e. The number of aryl methyl sites for hydroxylation is 1. The Labute approximate surface area is 172 Å². The fourth-order valence-electron chi connectivity index (χ4n) is 2.89. The molecule has 1 atom stereocenters. The van der Waals surface area contributed by atoms with Crippen LogP contribution in [0, 0.1) is 12.8 Å². The lowest BCUT2D eigenvalue weighted by Gasteiger charge is -2.23. The van der Waals surface area contributed by atoms with Crippen LogP contribution in [0.15, 0.2) is 48.5 Å². The highest BCUT2D eigenvalue weighted by Crippen LogP contribution is 2.24. The number of anilines is 1. The molecule has 0 spiro atoms. The summed E-state index contributed by atoms with van der Waals surface area (Å²) in [6.45, 7) is 4.13. The smallest absolute Gasteiger partial charge is 0.240 e. The van der Waals surface area contributed by atoms with Crippen molar-refractivity contribution in [3.8, 4) is 0 Å². The molecule has 7 heteroatoms. The fraction of sp³-hybridized carbons (Fsp3) is 0.381. The van der Waals surface area contributed by atoms with E-state index in [1.54, 1.807) is 18.2 Å². The highest BCUT2D eigenvalue weighted by atomic mass is 35.5. The maximum absolute atomic E-state index is 12.4. The lowest BCUT2D eigenvalue weighted by Crippen LogP contribution is -2.41. The number of hydrogen-bond donors (Lipinski definition) is 1. The zero-order chi connectivity index (χ0) is 20.7. The van der Waals surface area contributed by atoms with E-state index in [2.05, 4.69) is 24.4 Å². The normalized spacial score (nSPS) is 12.4. The molecule has 0 aliphatic rings. The molecule has 0 bridgehead atoms. The van der Waals surface area contributed by atoms with Crippen LogP contribution in [0.3, 0.4) is 0 Å². The van der Waals surface area contributed by atoms with Gasteiger partial charge in [-0.3, -0.25) is 9.10 Å². The number of benzene rings is 2. The molecule has 0 heterocycles. The van der Waals surface area contributed by atoms with Crippen LogP contribution in [0.1, 0.15) is 24.5 Å². The summed E-state index contributed by atoms with van der Waals surface area (Å²) in [7, 11) is -3.62. The van der Waals surface area contributed by atoms with Crippen molar-refractivity contribution >= 4 is 33.2 Å². The zero-order valence-electron chi connectivity index (χ0n) is 16.5. The first-order valence-corrected chi connectivity index (χ1v) is 11.5. The van der Waals surface area contributed by atoms with E-state index in [4.69, 9.17) is 11.6 Å². The van der Waals surface area contributed by atoms with Gasteiger partial charge in [-0.2, -0.15) is 0 Å². The predicted molar refractivity (Wildman–Crippen MR) is 115 cm³/mol. The number of halogens is 1. The van der Waals surface area contributed by atoms with Gasteiger partial charge in [-0.05, 0) is 42.5 Å². The Kier molecular flexibility index (Phi) is 7.89. The highest BCUT2D eigenvalue weighted by Gasteiger charge is 2.22. The van der Waals surface area contributed by atoms with E-state index < -0.39 is 10.0 Å². The predicted octanol–water partition coefficient (Wildman–Crippen LogP) is 3.80. The Morgan fingerprint density at radius 2 is 1.86 bits per heavy atom. The Balaban J connectivity index is 2.02. The van der Waals surface area contributed by atoms with Crippen molar-refractivity contribution in [3.63, 3.8) is 0 Å². The first-order chi connectivity index (χ1) is 13.2. The minimum absolute atomic E-state index is 0.278. The molecule has 5 nitrogen and oxygen atoms in total. The van der Waals surface area contributed by atoms with E-state index in [9.17, 15) is 13.2 Å². The van der Waals surface area contributed by atoms with Crippen LogP contribution in [0.4, 0.5) is 5.69 Å². The Bertz CT molecular complexity index is 901. The van der Waals surface area contributed by atoms with Crippen LogP contribution in [-0.4, -0.2) is 33.7 Å². The van der Waals surface area contributed by atoms with Gasteiger partial charge in [0.15, 0.2) is 0 Å². The molecule has 0 saturated carbocycles. The second-order valence-corrected chi connectivity index (χ2v) is 9.29. The summed E-state index contributed by atoms with van der Waals surface area (Å²) in [6, 6.07) is 15.1. The number of nitrogens with zero attached hydrogens (tertiary/aromatic N) is 1. The molecule has 0 fully saturated rings. The Hall–Kier alpha value is -2.05. The molecule has 0 radical (unpaired) electrons. The quantitative estimate of drug-likeness (QED) is 0.668. The van der Waals surface area contributed by atoms with Gasteiger partial charge in [-0.25, -0.2) is 8.42 Å². The number of nitrogens with one attached hydrogen (secondary N) is 1.